The fraction of sp³-hybridized carbons (Fsp3) is 0.250. The van der Waals surface area contributed by atoms with Crippen LogP contribution in [-0.2, 0) is 5.41 Å². The van der Waals surface area contributed by atoms with Gasteiger partial charge < -0.3 is 5.11 Å². The van der Waals surface area contributed by atoms with Gasteiger partial charge in [-0.15, -0.1) is 0 Å². The van der Waals surface area contributed by atoms with E-state index in [-0.39, 0.29) is 0 Å². The summed E-state index contributed by atoms with van der Waals surface area (Å²) >= 11 is 0. The molecule has 124 valence electrons. The molecule has 0 atom stereocenters. The maximum Gasteiger partial charge on any atom is 0.411 e. The highest BCUT2D eigenvalue weighted by Crippen LogP contribution is 2.56. The van der Waals surface area contributed by atoms with Crippen molar-refractivity contribution < 1.29 is 31.4 Å². The van der Waals surface area contributed by atoms with Crippen LogP contribution in [0.15, 0.2) is 48.5 Å². The van der Waals surface area contributed by atoms with Gasteiger partial charge in [-0.1, -0.05) is 42.0 Å². The molecule has 2 rings (SSSR count). The normalized spacial score (nSPS) is 13.2. The number of hydrogen-bond donors (Lipinski definition) is 1. The maximum absolute atomic E-state index is 13.7. The molecular weight excluding hydrogens is 322 g/mol. The molecule has 7 heteroatoms. The molecule has 0 bridgehead atoms. The zero-order valence-corrected chi connectivity index (χ0v) is 11.8. The van der Waals surface area contributed by atoms with Crippen molar-refractivity contribution in [3.8, 4) is 5.75 Å². The van der Waals surface area contributed by atoms with Crippen LogP contribution >= 0.6 is 0 Å². The first-order valence-electron chi connectivity index (χ1n) is 6.50. The van der Waals surface area contributed by atoms with Crippen molar-refractivity contribution in [1.29, 1.82) is 0 Å². The number of benzene rings is 2. The van der Waals surface area contributed by atoms with Gasteiger partial charge >= 0.3 is 12.4 Å². The number of phenols is 1. The Bertz CT molecular complexity index is 606. The molecule has 0 saturated heterocycles. The van der Waals surface area contributed by atoms with E-state index in [0.717, 1.165) is 24.3 Å². The highest BCUT2D eigenvalue weighted by atomic mass is 19.4. The van der Waals surface area contributed by atoms with Gasteiger partial charge in [-0.05, 0) is 30.2 Å². The molecule has 0 amide bonds. The third kappa shape index (κ3) is 2.75. The number of phenolic OH excluding ortho intramolecular Hbond substituents is 1. The van der Waals surface area contributed by atoms with Crippen molar-refractivity contribution in [2.45, 2.75) is 24.7 Å². The number of aryl methyl sites for hydroxylation is 1. The minimum Gasteiger partial charge on any atom is -0.508 e. The van der Waals surface area contributed by atoms with Crippen molar-refractivity contribution in [3.05, 3.63) is 65.2 Å². The number of aromatic hydroxyl groups is 1. The van der Waals surface area contributed by atoms with E-state index in [9.17, 15) is 31.4 Å². The molecule has 0 unspecified atom stereocenters. The predicted octanol–water partition coefficient (Wildman–Crippen LogP) is 5.11. The van der Waals surface area contributed by atoms with Crippen LogP contribution in [0, 0.1) is 6.92 Å². The Balaban J connectivity index is 2.86. The van der Waals surface area contributed by atoms with Gasteiger partial charge in [0, 0.05) is 0 Å². The van der Waals surface area contributed by atoms with Gasteiger partial charge in [-0.25, -0.2) is 0 Å². The molecule has 0 heterocycles. The van der Waals surface area contributed by atoms with Crippen molar-refractivity contribution in [3.63, 3.8) is 0 Å². The summed E-state index contributed by atoms with van der Waals surface area (Å²) in [6.07, 6.45) is -11.2. The molecule has 0 radical (unpaired) electrons. The Morgan fingerprint density at radius 2 is 1.00 bits per heavy atom. The van der Waals surface area contributed by atoms with E-state index in [2.05, 4.69) is 0 Å². The molecule has 2 aromatic rings. The van der Waals surface area contributed by atoms with Gasteiger partial charge in [0.25, 0.3) is 0 Å². The Morgan fingerprint density at radius 1 is 0.652 bits per heavy atom. The first-order valence-corrected chi connectivity index (χ1v) is 6.50. The summed E-state index contributed by atoms with van der Waals surface area (Å²) in [5, 5.41) is 9.17. The van der Waals surface area contributed by atoms with Gasteiger partial charge in [-0.2, -0.15) is 26.3 Å². The predicted molar refractivity (Wildman–Crippen MR) is 72.2 cm³/mol. The van der Waals surface area contributed by atoms with Crippen molar-refractivity contribution in [2.24, 2.45) is 0 Å². The number of rotatable bonds is 2. The van der Waals surface area contributed by atoms with Crippen LogP contribution in [0.1, 0.15) is 16.7 Å². The minimum atomic E-state index is -5.61. The smallest absolute Gasteiger partial charge is 0.411 e. The van der Waals surface area contributed by atoms with Crippen LogP contribution in [0.25, 0.3) is 0 Å². The largest absolute Gasteiger partial charge is 0.508 e. The fourth-order valence-corrected chi connectivity index (χ4v) is 2.50. The topological polar surface area (TPSA) is 20.2 Å². The van der Waals surface area contributed by atoms with Gasteiger partial charge in [0.2, 0.25) is 5.41 Å². The van der Waals surface area contributed by atoms with E-state index in [1.807, 2.05) is 0 Å². The SMILES string of the molecule is Cc1ccc(C(c2ccc(O)cc2)(C(F)(F)F)C(F)(F)F)cc1. The monoisotopic (exact) mass is 334 g/mol. The quantitative estimate of drug-likeness (QED) is 0.757. The van der Waals surface area contributed by atoms with E-state index in [1.54, 1.807) is 6.92 Å². The third-order valence-electron chi connectivity index (χ3n) is 3.64. The van der Waals surface area contributed by atoms with E-state index in [4.69, 9.17) is 0 Å². The molecular formula is C16H12F6O. The highest BCUT2D eigenvalue weighted by molar-refractivity contribution is 5.46. The Kier molecular flexibility index (Phi) is 4.09. The van der Waals surface area contributed by atoms with E-state index >= 15 is 0 Å². The molecule has 1 N–H and O–H groups in total. The standard InChI is InChI=1S/C16H12F6O/c1-10-2-4-11(5-3-10)14(15(17,18)19,16(20,21)22)12-6-8-13(23)9-7-12/h2-9,23H,1H3. The number of hydrogen-bond acceptors (Lipinski definition) is 1. The van der Waals surface area contributed by atoms with Crippen LogP contribution in [-0.4, -0.2) is 17.5 Å². The molecule has 0 spiro atoms. The second-order valence-electron chi connectivity index (χ2n) is 5.16. The minimum absolute atomic E-state index is 0.420. The van der Waals surface area contributed by atoms with Crippen LogP contribution in [0.4, 0.5) is 26.3 Å². The summed E-state index contributed by atoms with van der Waals surface area (Å²) in [5.41, 5.74) is -5.55. The van der Waals surface area contributed by atoms with E-state index < -0.39 is 34.6 Å². The molecule has 23 heavy (non-hydrogen) atoms. The molecule has 2 aromatic carbocycles. The molecule has 0 aliphatic heterocycles. The lowest BCUT2D eigenvalue weighted by atomic mass is 9.73. The summed E-state index contributed by atoms with van der Waals surface area (Å²) in [4.78, 5) is 0. The lowest BCUT2D eigenvalue weighted by molar-refractivity contribution is -0.288. The molecule has 0 saturated carbocycles. The first kappa shape index (κ1) is 17.2. The lowest BCUT2D eigenvalue weighted by Crippen LogP contribution is -2.54. The second kappa shape index (κ2) is 5.47. The maximum atomic E-state index is 13.7. The van der Waals surface area contributed by atoms with Crippen LogP contribution in [0.2, 0.25) is 0 Å². The average Bonchev–Trinajstić information content (AvgIpc) is 2.40. The zero-order chi connectivity index (χ0) is 17.5. The average molecular weight is 334 g/mol. The van der Waals surface area contributed by atoms with Gasteiger partial charge in [0.05, 0.1) is 0 Å². The van der Waals surface area contributed by atoms with Crippen LogP contribution in [0.5, 0.6) is 5.75 Å². The third-order valence-corrected chi connectivity index (χ3v) is 3.64. The Morgan fingerprint density at radius 3 is 1.35 bits per heavy atom. The molecule has 0 aromatic heterocycles. The first-order chi connectivity index (χ1) is 10.5. The van der Waals surface area contributed by atoms with E-state index in [0.29, 0.717) is 17.7 Å². The van der Waals surface area contributed by atoms with Crippen LogP contribution in [0.3, 0.4) is 0 Å². The summed E-state index contributed by atoms with van der Waals surface area (Å²) in [7, 11) is 0. The Hall–Kier alpha value is -2.18. The summed E-state index contributed by atoms with van der Waals surface area (Å²) in [6, 6.07) is 6.91. The highest BCUT2D eigenvalue weighted by Gasteiger charge is 2.72. The van der Waals surface area contributed by atoms with Crippen molar-refractivity contribution in [2.75, 3.05) is 0 Å². The summed E-state index contributed by atoms with van der Waals surface area (Å²) in [6.45, 7) is 1.56. The zero-order valence-electron chi connectivity index (χ0n) is 11.8. The summed E-state index contributed by atoms with van der Waals surface area (Å²) in [5.74, 6) is -0.420. The van der Waals surface area contributed by atoms with Gasteiger partial charge in [0.15, 0.2) is 0 Å². The van der Waals surface area contributed by atoms with Crippen molar-refractivity contribution in [1.82, 2.24) is 0 Å². The summed E-state index contributed by atoms with van der Waals surface area (Å²) < 4.78 is 82.0. The Labute approximate surface area is 128 Å². The van der Waals surface area contributed by atoms with E-state index in [1.165, 1.54) is 12.1 Å². The number of halogens is 6. The van der Waals surface area contributed by atoms with Gasteiger partial charge in [0.1, 0.15) is 5.75 Å². The van der Waals surface area contributed by atoms with Gasteiger partial charge in [-0.3, -0.25) is 0 Å². The molecule has 0 fully saturated rings. The van der Waals surface area contributed by atoms with Crippen molar-refractivity contribution >= 4 is 0 Å². The molecule has 0 aliphatic carbocycles. The second-order valence-corrected chi connectivity index (χ2v) is 5.16. The lowest BCUT2D eigenvalue weighted by Gasteiger charge is -2.38. The molecule has 1 nitrogen and oxygen atoms in total. The number of alkyl halides is 6. The molecule has 0 aliphatic rings. The fourth-order valence-electron chi connectivity index (χ4n) is 2.50. The van der Waals surface area contributed by atoms with Crippen LogP contribution < -0.4 is 0 Å².